The second kappa shape index (κ2) is 7.86. The molecule has 0 radical (unpaired) electrons. The van der Waals surface area contributed by atoms with Crippen molar-refractivity contribution >= 4 is 5.78 Å². The lowest BCUT2D eigenvalue weighted by Gasteiger charge is -2.60. The highest BCUT2D eigenvalue weighted by Gasteiger charge is 2.63. The van der Waals surface area contributed by atoms with Gasteiger partial charge in [0.25, 0.3) is 0 Å². The van der Waals surface area contributed by atoms with Crippen molar-refractivity contribution in [3.05, 3.63) is 23.3 Å². The summed E-state index contributed by atoms with van der Waals surface area (Å²) in [5.41, 5.74) is 2.69. The van der Waals surface area contributed by atoms with Crippen LogP contribution in [-0.4, -0.2) is 17.0 Å². The number of aliphatic hydroxyl groups excluding tert-OH is 1. The van der Waals surface area contributed by atoms with Gasteiger partial charge >= 0.3 is 0 Å². The summed E-state index contributed by atoms with van der Waals surface area (Å²) >= 11 is 0. The van der Waals surface area contributed by atoms with E-state index < -0.39 is 0 Å². The van der Waals surface area contributed by atoms with Crippen molar-refractivity contribution in [3.63, 3.8) is 0 Å². The molecule has 4 rings (SSSR count). The Morgan fingerprint density at radius 1 is 1.19 bits per heavy atom. The van der Waals surface area contributed by atoms with Crippen LogP contribution in [0.1, 0.15) is 99.8 Å². The van der Waals surface area contributed by atoms with Crippen molar-refractivity contribution in [1.29, 1.82) is 0 Å². The molecule has 3 saturated carbocycles. The van der Waals surface area contributed by atoms with E-state index in [0.717, 1.165) is 25.7 Å². The van der Waals surface area contributed by atoms with E-state index in [9.17, 15) is 9.90 Å². The third kappa shape index (κ3) is 3.51. The normalized spacial score (nSPS) is 44.6. The molecule has 0 heterocycles. The van der Waals surface area contributed by atoms with Crippen molar-refractivity contribution in [2.75, 3.05) is 0 Å². The third-order valence-corrected chi connectivity index (χ3v) is 10.6. The molecule has 0 amide bonds. The number of hydrogen-bond acceptors (Lipinski definition) is 2. The summed E-state index contributed by atoms with van der Waals surface area (Å²) in [6.45, 7) is 16.0. The molecule has 0 aromatic carbocycles. The van der Waals surface area contributed by atoms with Crippen LogP contribution in [0.4, 0.5) is 0 Å². The summed E-state index contributed by atoms with van der Waals surface area (Å²) < 4.78 is 0. The Balaban J connectivity index is 1.62. The lowest BCUT2D eigenvalue weighted by molar-refractivity contribution is -0.147. The second-order valence-corrected chi connectivity index (χ2v) is 13.0. The second-order valence-electron chi connectivity index (χ2n) is 13.0. The Kier molecular flexibility index (Phi) is 5.90. The molecular weight excluding hydrogens is 380 g/mol. The van der Waals surface area contributed by atoms with Gasteiger partial charge in [0.2, 0.25) is 0 Å². The number of carbonyl (C=O) groups is 1. The van der Waals surface area contributed by atoms with Gasteiger partial charge in [0.05, 0.1) is 6.10 Å². The molecule has 0 spiro atoms. The molecule has 31 heavy (non-hydrogen) atoms. The zero-order chi connectivity index (χ0) is 22.8. The van der Waals surface area contributed by atoms with E-state index >= 15 is 0 Å². The van der Waals surface area contributed by atoms with Crippen LogP contribution in [0.5, 0.6) is 0 Å². The first-order chi connectivity index (χ1) is 14.4. The molecule has 0 aromatic rings. The summed E-state index contributed by atoms with van der Waals surface area (Å²) in [7, 11) is 0. The van der Waals surface area contributed by atoms with Crippen LogP contribution in [0.25, 0.3) is 0 Å². The summed E-state index contributed by atoms with van der Waals surface area (Å²) in [5.74, 6) is 3.24. The molecule has 1 N–H and O–H groups in total. The van der Waals surface area contributed by atoms with Crippen molar-refractivity contribution < 1.29 is 9.90 Å². The molecule has 2 heteroatoms. The van der Waals surface area contributed by atoms with Crippen molar-refractivity contribution in [2.24, 2.45) is 45.8 Å². The Hall–Kier alpha value is -0.890. The van der Waals surface area contributed by atoms with E-state index in [2.05, 4.69) is 60.6 Å². The molecule has 0 unspecified atom stereocenters. The summed E-state index contributed by atoms with van der Waals surface area (Å²) in [5, 5.41) is 10.7. The highest BCUT2D eigenvalue weighted by atomic mass is 16.3. The zero-order valence-corrected chi connectivity index (χ0v) is 21.1. The number of ketones is 1. The summed E-state index contributed by atoms with van der Waals surface area (Å²) in [4.78, 5) is 13.9. The number of fused-ring (bicyclic) bond motifs is 5. The number of hydrogen-bond donors (Lipinski definition) is 1. The minimum Gasteiger partial charge on any atom is -0.392 e. The van der Waals surface area contributed by atoms with Gasteiger partial charge in [-0.1, -0.05) is 57.9 Å². The first-order valence-corrected chi connectivity index (χ1v) is 13.0. The van der Waals surface area contributed by atoms with Crippen LogP contribution in [0, 0.1) is 45.8 Å². The van der Waals surface area contributed by atoms with E-state index in [1.807, 2.05) is 0 Å². The van der Waals surface area contributed by atoms with E-state index in [1.165, 1.54) is 36.8 Å². The van der Waals surface area contributed by atoms with Gasteiger partial charge in [0.1, 0.15) is 5.78 Å². The van der Waals surface area contributed by atoms with Crippen LogP contribution in [0.3, 0.4) is 0 Å². The molecule has 8 atom stereocenters. The van der Waals surface area contributed by atoms with Gasteiger partial charge in [-0.2, -0.15) is 0 Å². The monoisotopic (exact) mass is 426 g/mol. The maximum Gasteiger partial charge on any atom is 0.137 e. The van der Waals surface area contributed by atoms with Gasteiger partial charge < -0.3 is 5.11 Å². The van der Waals surface area contributed by atoms with E-state index in [0.29, 0.717) is 29.5 Å². The van der Waals surface area contributed by atoms with Crippen LogP contribution in [0.2, 0.25) is 0 Å². The Bertz CT molecular complexity index is 785. The number of allylic oxidation sites excluding steroid dienone is 3. The highest BCUT2D eigenvalue weighted by Crippen LogP contribution is 2.68. The van der Waals surface area contributed by atoms with Crippen molar-refractivity contribution in [1.82, 2.24) is 0 Å². The quantitative estimate of drug-likeness (QED) is 0.486. The molecule has 4 aliphatic carbocycles. The minimum absolute atomic E-state index is 0.0583. The average Bonchev–Trinajstić information content (AvgIpc) is 3.01. The number of rotatable bonds is 4. The smallest absolute Gasteiger partial charge is 0.137 e. The van der Waals surface area contributed by atoms with Crippen molar-refractivity contribution in [3.8, 4) is 0 Å². The fraction of sp³-hybridized carbons (Fsp3) is 0.828. The van der Waals surface area contributed by atoms with Crippen LogP contribution in [-0.2, 0) is 4.79 Å². The molecular formula is C29H46O2. The maximum atomic E-state index is 13.9. The number of Topliss-reactive ketones (excluding diaryl/α,β-unsaturated/α-hetero) is 1. The molecule has 0 bridgehead atoms. The van der Waals surface area contributed by atoms with Gasteiger partial charge in [0, 0.05) is 17.8 Å². The van der Waals surface area contributed by atoms with Crippen LogP contribution in [0.15, 0.2) is 23.3 Å². The van der Waals surface area contributed by atoms with Crippen LogP contribution < -0.4 is 0 Å². The summed E-state index contributed by atoms with van der Waals surface area (Å²) in [6, 6.07) is 0. The first kappa shape index (κ1) is 23.3. The third-order valence-electron chi connectivity index (χ3n) is 10.6. The fourth-order valence-electron chi connectivity index (χ4n) is 9.03. The molecule has 4 aliphatic rings. The highest BCUT2D eigenvalue weighted by molar-refractivity contribution is 5.85. The lowest BCUT2D eigenvalue weighted by atomic mass is 9.44. The van der Waals surface area contributed by atoms with E-state index in [4.69, 9.17) is 0 Å². The predicted octanol–water partition coefficient (Wildman–Crippen LogP) is 7.12. The molecule has 0 aromatic heterocycles. The minimum atomic E-state index is -0.287. The molecule has 0 aliphatic heterocycles. The molecule has 3 fully saturated rings. The summed E-state index contributed by atoms with van der Waals surface area (Å²) in [6.07, 6.45) is 13.2. The molecule has 0 saturated heterocycles. The SMILES string of the molecule is CC(C)=CCC[C@@H](C)[C@H]1CC[C@H]2[C@@H]3CC=C4C(C)(C)[C@H](O)CC[C@]4(C)[C@H]3C(=O)C[C@]12C. The van der Waals surface area contributed by atoms with E-state index in [-0.39, 0.29) is 28.3 Å². The topological polar surface area (TPSA) is 37.3 Å². The van der Waals surface area contributed by atoms with E-state index in [1.54, 1.807) is 0 Å². The van der Waals surface area contributed by atoms with Gasteiger partial charge in [-0.3, -0.25) is 4.79 Å². The predicted molar refractivity (Wildman–Crippen MR) is 129 cm³/mol. The Morgan fingerprint density at radius 2 is 1.90 bits per heavy atom. The standard InChI is InChI=1S/C29H46O2/c1-18(2)9-8-10-19(3)21-12-13-22-20-11-14-24-27(4,5)25(31)15-16-28(24,6)26(20)23(30)17-29(21,22)7/h9,14,19-22,25-26,31H,8,10-13,15-17H2,1-7H3/t19-,20+,21-,22+,25-,26-,28+,29-/m1/s1. The van der Waals surface area contributed by atoms with Gasteiger partial charge in [-0.05, 0) is 93.3 Å². The van der Waals surface area contributed by atoms with Crippen LogP contribution >= 0.6 is 0 Å². The van der Waals surface area contributed by atoms with Gasteiger partial charge in [-0.15, -0.1) is 0 Å². The van der Waals surface area contributed by atoms with Gasteiger partial charge in [0.15, 0.2) is 0 Å². The average molecular weight is 427 g/mol. The largest absolute Gasteiger partial charge is 0.392 e. The Morgan fingerprint density at radius 3 is 2.58 bits per heavy atom. The number of carbonyl (C=O) groups excluding carboxylic acids is 1. The Labute approximate surface area is 191 Å². The maximum absolute atomic E-state index is 13.9. The van der Waals surface area contributed by atoms with Gasteiger partial charge in [-0.25, -0.2) is 0 Å². The molecule has 2 nitrogen and oxygen atoms in total. The lowest BCUT2D eigenvalue weighted by Crippen LogP contribution is -2.57. The molecule has 174 valence electrons. The number of aliphatic hydroxyl groups is 1. The van der Waals surface area contributed by atoms with Crippen molar-refractivity contribution in [2.45, 2.75) is 106 Å². The zero-order valence-electron chi connectivity index (χ0n) is 21.1. The first-order valence-electron chi connectivity index (χ1n) is 13.0. The fourth-order valence-corrected chi connectivity index (χ4v) is 9.03.